The molecule has 1 heterocycles. The lowest BCUT2D eigenvalue weighted by Crippen LogP contribution is -2.19. The van der Waals surface area contributed by atoms with Crippen LogP contribution in [-0.4, -0.2) is 16.7 Å². The van der Waals surface area contributed by atoms with Crippen molar-refractivity contribution in [1.29, 1.82) is 0 Å². The molecule has 102 valence electrons. The van der Waals surface area contributed by atoms with Crippen LogP contribution >= 0.6 is 11.3 Å². The summed E-state index contributed by atoms with van der Waals surface area (Å²) in [5.74, 6) is 0. The van der Waals surface area contributed by atoms with Gasteiger partial charge < -0.3 is 9.67 Å². The summed E-state index contributed by atoms with van der Waals surface area (Å²) in [5, 5.41) is 10.4. The van der Waals surface area contributed by atoms with Crippen molar-refractivity contribution in [3.8, 4) is 0 Å². The highest BCUT2D eigenvalue weighted by Crippen LogP contribution is 2.20. The molecule has 1 N–H and O–H groups in total. The first-order valence-corrected chi connectivity index (χ1v) is 7.35. The van der Waals surface area contributed by atoms with Crippen LogP contribution in [0.4, 0.5) is 0 Å². The van der Waals surface area contributed by atoms with E-state index in [0.29, 0.717) is 6.54 Å². The number of hydrogen-bond acceptors (Lipinski definition) is 3. The van der Waals surface area contributed by atoms with Crippen LogP contribution in [0.2, 0.25) is 0 Å². The number of para-hydroxylation sites is 1. The lowest BCUT2D eigenvalue weighted by Gasteiger charge is -2.12. The van der Waals surface area contributed by atoms with Crippen molar-refractivity contribution in [1.82, 2.24) is 4.57 Å². The number of nitrogens with zero attached hydrogens (tertiary/aromatic N) is 2. The maximum absolute atomic E-state index is 10.4. The Balaban J connectivity index is 2.02. The molecular formula is C16H16N2OS. The number of aromatic nitrogens is 1. The smallest absolute Gasteiger partial charge is 0.185 e. The van der Waals surface area contributed by atoms with E-state index in [0.717, 1.165) is 15.9 Å². The second kappa shape index (κ2) is 5.61. The maximum atomic E-state index is 10.4. The monoisotopic (exact) mass is 284 g/mol. The van der Waals surface area contributed by atoms with Crippen molar-refractivity contribution in [3.63, 3.8) is 0 Å². The highest BCUT2D eigenvalue weighted by molar-refractivity contribution is 7.16. The number of aliphatic hydroxyl groups is 1. The molecule has 3 rings (SSSR count). The van der Waals surface area contributed by atoms with Crippen LogP contribution in [0.5, 0.6) is 0 Å². The van der Waals surface area contributed by atoms with Gasteiger partial charge in [0, 0.05) is 7.05 Å². The van der Waals surface area contributed by atoms with Gasteiger partial charge in [0.2, 0.25) is 0 Å². The second-order valence-corrected chi connectivity index (χ2v) is 5.62. The first kappa shape index (κ1) is 13.1. The molecule has 1 aromatic heterocycles. The van der Waals surface area contributed by atoms with Gasteiger partial charge in [-0.15, -0.1) is 0 Å². The van der Waals surface area contributed by atoms with E-state index in [1.807, 2.05) is 42.5 Å². The van der Waals surface area contributed by atoms with Gasteiger partial charge in [0.15, 0.2) is 4.80 Å². The molecule has 0 aliphatic heterocycles. The van der Waals surface area contributed by atoms with Crippen LogP contribution in [0, 0.1) is 0 Å². The summed E-state index contributed by atoms with van der Waals surface area (Å²) in [6.45, 7) is 0.515. The van der Waals surface area contributed by atoms with Gasteiger partial charge in [0.25, 0.3) is 0 Å². The van der Waals surface area contributed by atoms with Gasteiger partial charge in [-0.2, -0.15) is 0 Å². The minimum absolute atomic E-state index is 0.515. The lowest BCUT2D eigenvalue weighted by molar-refractivity contribution is 0.157. The Morgan fingerprint density at radius 3 is 2.55 bits per heavy atom. The fraction of sp³-hybridized carbons (Fsp3) is 0.188. The van der Waals surface area contributed by atoms with Crippen LogP contribution in [0.1, 0.15) is 11.7 Å². The van der Waals surface area contributed by atoms with Crippen molar-refractivity contribution in [2.24, 2.45) is 4.99 Å². The molecule has 3 nitrogen and oxygen atoms in total. The van der Waals surface area contributed by atoms with E-state index in [2.05, 4.69) is 21.7 Å². The van der Waals surface area contributed by atoms with Crippen molar-refractivity contribution >= 4 is 21.6 Å². The molecule has 0 fully saturated rings. The number of rotatable bonds is 3. The summed E-state index contributed by atoms with van der Waals surface area (Å²) in [5.41, 5.74) is 2.05. The predicted octanol–water partition coefficient (Wildman–Crippen LogP) is 2.97. The van der Waals surface area contributed by atoms with E-state index >= 15 is 0 Å². The first-order valence-electron chi connectivity index (χ1n) is 6.54. The quantitative estimate of drug-likeness (QED) is 0.789. The molecule has 2 aromatic carbocycles. The topological polar surface area (TPSA) is 37.5 Å². The Bertz CT molecular complexity index is 774. The average Bonchev–Trinajstić information content (AvgIpc) is 2.86. The summed E-state index contributed by atoms with van der Waals surface area (Å²) in [6.07, 6.45) is -0.528. The van der Waals surface area contributed by atoms with Gasteiger partial charge in [0.1, 0.15) is 0 Å². The van der Waals surface area contributed by atoms with Crippen LogP contribution in [0.15, 0.2) is 59.6 Å². The SMILES string of the molecule is CN=c1sc2ccccc2n1C[C@@H](O)c1ccccc1. The van der Waals surface area contributed by atoms with Crippen molar-refractivity contribution < 1.29 is 5.11 Å². The van der Waals surface area contributed by atoms with Gasteiger partial charge in [0.05, 0.1) is 22.9 Å². The Kier molecular flexibility index (Phi) is 3.67. The molecule has 0 aliphatic carbocycles. The summed E-state index contributed by atoms with van der Waals surface area (Å²) < 4.78 is 3.27. The Morgan fingerprint density at radius 1 is 1.10 bits per heavy atom. The third-order valence-corrected chi connectivity index (χ3v) is 4.47. The molecule has 20 heavy (non-hydrogen) atoms. The standard InChI is InChI=1S/C16H16N2OS/c1-17-16-18(13-9-5-6-10-15(13)20-16)11-14(19)12-7-3-2-4-8-12/h2-10,14,19H,11H2,1H3/t14-/m1/s1. The zero-order valence-corrected chi connectivity index (χ0v) is 12.0. The normalized spacial score (nSPS) is 13.8. The number of benzene rings is 2. The molecule has 1 atom stereocenters. The number of hydrogen-bond donors (Lipinski definition) is 1. The molecular weight excluding hydrogens is 268 g/mol. The Morgan fingerprint density at radius 2 is 1.80 bits per heavy atom. The Hall–Kier alpha value is -1.91. The highest BCUT2D eigenvalue weighted by Gasteiger charge is 2.12. The van der Waals surface area contributed by atoms with E-state index < -0.39 is 6.10 Å². The molecule has 0 spiro atoms. The van der Waals surface area contributed by atoms with E-state index in [1.54, 1.807) is 18.4 Å². The third kappa shape index (κ3) is 2.40. The van der Waals surface area contributed by atoms with Crippen LogP contribution in [0.3, 0.4) is 0 Å². The molecule has 0 bridgehead atoms. The molecule has 0 saturated heterocycles. The van der Waals surface area contributed by atoms with E-state index in [4.69, 9.17) is 0 Å². The van der Waals surface area contributed by atoms with Gasteiger partial charge >= 0.3 is 0 Å². The summed E-state index contributed by atoms with van der Waals surface area (Å²) in [7, 11) is 1.79. The molecule has 0 amide bonds. The summed E-state index contributed by atoms with van der Waals surface area (Å²) in [4.78, 5) is 5.26. The highest BCUT2D eigenvalue weighted by atomic mass is 32.1. The number of fused-ring (bicyclic) bond motifs is 1. The van der Waals surface area contributed by atoms with Gasteiger partial charge in [-0.05, 0) is 17.7 Å². The van der Waals surface area contributed by atoms with Crippen LogP contribution in [0.25, 0.3) is 10.2 Å². The van der Waals surface area contributed by atoms with Crippen molar-refractivity contribution in [2.45, 2.75) is 12.6 Å². The van der Waals surface area contributed by atoms with Crippen LogP contribution < -0.4 is 4.80 Å². The lowest BCUT2D eigenvalue weighted by atomic mass is 10.1. The fourth-order valence-electron chi connectivity index (χ4n) is 2.32. The van der Waals surface area contributed by atoms with E-state index in [1.165, 1.54) is 4.70 Å². The minimum Gasteiger partial charge on any atom is -0.387 e. The minimum atomic E-state index is -0.528. The zero-order valence-electron chi connectivity index (χ0n) is 11.2. The maximum Gasteiger partial charge on any atom is 0.185 e. The number of aliphatic hydroxyl groups excluding tert-OH is 1. The molecule has 0 aliphatic rings. The van der Waals surface area contributed by atoms with Gasteiger partial charge in [-0.3, -0.25) is 4.99 Å². The average molecular weight is 284 g/mol. The van der Waals surface area contributed by atoms with Crippen molar-refractivity contribution in [2.75, 3.05) is 7.05 Å². The second-order valence-electron chi connectivity index (χ2n) is 4.61. The molecule has 0 saturated carbocycles. The third-order valence-electron chi connectivity index (χ3n) is 3.32. The van der Waals surface area contributed by atoms with Gasteiger partial charge in [-0.1, -0.05) is 53.8 Å². The fourth-order valence-corrected chi connectivity index (χ4v) is 3.32. The largest absolute Gasteiger partial charge is 0.387 e. The molecule has 4 heteroatoms. The van der Waals surface area contributed by atoms with Crippen LogP contribution in [-0.2, 0) is 6.54 Å². The molecule has 0 radical (unpaired) electrons. The van der Waals surface area contributed by atoms with E-state index in [-0.39, 0.29) is 0 Å². The summed E-state index contributed by atoms with van der Waals surface area (Å²) in [6, 6.07) is 17.9. The molecule has 0 unspecified atom stereocenters. The summed E-state index contributed by atoms with van der Waals surface area (Å²) >= 11 is 1.65. The predicted molar refractivity (Wildman–Crippen MR) is 82.7 cm³/mol. The number of thiazole rings is 1. The molecule has 3 aromatic rings. The zero-order chi connectivity index (χ0) is 13.9. The van der Waals surface area contributed by atoms with Gasteiger partial charge in [-0.25, -0.2) is 0 Å². The Labute approximate surface area is 121 Å². The first-order chi connectivity index (χ1) is 9.79. The van der Waals surface area contributed by atoms with Crippen molar-refractivity contribution in [3.05, 3.63) is 65.0 Å². The van der Waals surface area contributed by atoms with E-state index in [9.17, 15) is 5.11 Å².